The van der Waals surface area contributed by atoms with Crippen LogP contribution < -0.4 is 9.47 Å². The van der Waals surface area contributed by atoms with E-state index in [-0.39, 0.29) is 11.6 Å². The Kier molecular flexibility index (Phi) is 6.94. The fourth-order valence-electron chi connectivity index (χ4n) is 3.16. The van der Waals surface area contributed by atoms with Crippen LogP contribution in [0.2, 0.25) is 0 Å². The molecule has 0 spiro atoms. The summed E-state index contributed by atoms with van der Waals surface area (Å²) in [7, 11) is 1.49. The fourth-order valence-corrected chi connectivity index (χ4v) is 4.35. The number of ether oxygens (including phenoxy) is 3. The molecule has 0 aliphatic carbocycles. The molecular weight excluding hydrogens is 601 g/mol. The number of carbonyl (C=O) groups is 2. The number of benzene rings is 3. The van der Waals surface area contributed by atoms with Crippen LogP contribution in [0.15, 0.2) is 75.8 Å². The Labute approximate surface area is 212 Å². The normalized spacial score (nSPS) is 14.1. The Hall–Kier alpha value is -2.98. The Balaban J connectivity index is 1.64. The lowest BCUT2D eigenvalue weighted by molar-refractivity contribution is -0.129. The minimum absolute atomic E-state index is 0.156. The van der Waals surface area contributed by atoms with E-state index in [1.54, 1.807) is 36.4 Å². The number of rotatable bonds is 5. The second-order valence-electron chi connectivity index (χ2n) is 7.11. The van der Waals surface area contributed by atoms with E-state index in [0.717, 1.165) is 10.0 Å². The Bertz CT molecular complexity index is 1330. The Morgan fingerprint density at radius 1 is 1.12 bits per heavy atom. The van der Waals surface area contributed by atoms with Crippen molar-refractivity contribution in [3.05, 3.63) is 96.7 Å². The third kappa shape index (κ3) is 5.17. The summed E-state index contributed by atoms with van der Waals surface area (Å²) < 4.78 is 17.8. The minimum Gasteiger partial charge on any atom is -0.493 e. The van der Waals surface area contributed by atoms with E-state index >= 15 is 0 Å². The Morgan fingerprint density at radius 2 is 1.91 bits per heavy atom. The molecule has 0 N–H and O–H groups in total. The number of cyclic esters (lactones) is 1. The quantitative estimate of drug-likeness (QED) is 0.153. The molecule has 0 saturated carbocycles. The molecule has 1 aliphatic rings. The first kappa shape index (κ1) is 23.2. The molecule has 0 aromatic heterocycles. The van der Waals surface area contributed by atoms with Gasteiger partial charge in [0.05, 0.1) is 21.8 Å². The third-order valence-electron chi connectivity index (χ3n) is 4.73. The summed E-state index contributed by atoms with van der Waals surface area (Å²) in [5.41, 5.74) is 2.89. The van der Waals surface area contributed by atoms with E-state index in [2.05, 4.69) is 43.5 Å². The van der Waals surface area contributed by atoms with Crippen LogP contribution in [0.3, 0.4) is 0 Å². The van der Waals surface area contributed by atoms with Crippen LogP contribution in [0.25, 0.3) is 6.08 Å². The van der Waals surface area contributed by atoms with Crippen LogP contribution in [-0.4, -0.2) is 24.9 Å². The second kappa shape index (κ2) is 9.88. The number of hydrogen-bond donors (Lipinski definition) is 0. The first-order chi connectivity index (χ1) is 15.9. The summed E-state index contributed by atoms with van der Waals surface area (Å²) in [5, 5.41) is 0. The van der Waals surface area contributed by atoms with Gasteiger partial charge in [-0.25, -0.2) is 14.6 Å². The van der Waals surface area contributed by atoms with Crippen molar-refractivity contribution in [1.82, 2.24) is 0 Å². The van der Waals surface area contributed by atoms with Crippen LogP contribution in [-0.2, 0) is 9.53 Å². The number of aryl methyl sites for hydroxylation is 1. The van der Waals surface area contributed by atoms with Crippen molar-refractivity contribution >= 4 is 62.4 Å². The van der Waals surface area contributed by atoms with Crippen molar-refractivity contribution in [3.63, 3.8) is 0 Å². The van der Waals surface area contributed by atoms with Crippen molar-refractivity contribution in [3.8, 4) is 11.5 Å². The molecule has 33 heavy (non-hydrogen) atoms. The van der Waals surface area contributed by atoms with Gasteiger partial charge in [0.25, 0.3) is 0 Å². The summed E-state index contributed by atoms with van der Waals surface area (Å²) in [6.45, 7) is 1.90. The van der Waals surface area contributed by atoms with Crippen molar-refractivity contribution < 1.29 is 23.8 Å². The van der Waals surface area contributed by atoms with Gasteiger partial charge in [0, 0.05) is 4.47 Å². The van der Waals surface area contributed by atoms with E-state index in [1.807, 2.05) is 37.3 Å². The number of carbonyl (C=O) groups excluding carboxylic acids is 2. The van der Waals surface area contributed by atoms with Crippen molar-refractivity contribution in [2.75, 3.05) is 7.11 Å². The summed E-state index contributed by atoms with van der Waals surface area (Å²) >= 11 is 5.50. The van der Waals surface area contributed by atoms with Crippen LogP contribution in [0.1, 0.15) is 27.0 Å². The molecule has 0 fully saturated rings. The SMILES string of the molecule is COc1cc(/C=C2\N=C(c3ccccc3Br)OC2=O)cc(I)c1OC(=O)c1cccc(C)c1. The first-order valence-corrected chi connectivity index (χ1v) is 11.7. The number of halogens is 2. The molecule has 0 radical (unpaired) electrons. The van der Waals surface area contributed by atoms with E-state index in [9.17, 15) is 9.59 Å². The summed E-state index contributed by atoms with van der Waals surface area (Å²) in [4.78, 5) is 29.3. The highest BCUT2D eigenvalue weighted by Gasteiger charge is 2.26. The number of aliphatic imine (C=N–C) groups is 1. The molecular formula is C25H17BrINO5. The van der Waals surface area contributed by atoms with Gasteiger partial charge >= 0.3 is 11.9 Å². The predicted octanol–water partition coefficient (Wildman–Crippen LogP) is 5.93. The molecule has 0 amide bonds. The highest BCUT2D eigenvalue weighted by molar-refractivity contribution is 14.1. The molecule has 0 saturated heterocycles. The number of esters is 2. The summed E-state index contributed by atoms with van der Waals surface area (Å²) in [5.74, 6) is -0.147. The van der Waals surface area contributed by atoms with Crippen molar-refractivity contribution in [2.45, 2.75) is 6.92 Å². The molecule has 4 rings (SSSR count). The molecule has 0 bridgehead atoms. The van der Waals surface area contributed by atoms with Gasteiger partial charge in [-0.05, 0) is 93.5 Å². The zero-order chi connectivity index (χ0) is 23.5. The average Bonchev–Trinajstić information content (AvgIpc) is 3.15. The van der Waals surface area contributed by atoms with Gasteiger partial charge in [0.1, 0.15) is 0 Å². The van der Waals surface area contributed by atoms with Crippen molar-refractivity contribution in [2.24, 2.45) is 4.99 Å². The molecule has 166 valence electrons. The molecule has 0 atom stereocenters. The standard InChI is InChI=1S/C25H17BrINO5/c1-14-6-5-7-16(10-14)24(29)32-22-19(27)11-15(13-21(22)31-2)12-20-25(30)33-23(28-20)17-8-3-4-9-18(17)26/h3-13H,1-2H3/b20-12-. The highest BCUT2D eigenvalue weighted by Crippen LogP contribution is 2.36. The molecule has 1 aliphatic heterocycles. The van der Waals surface area contributed by atoms with Gasteiger partial charge in [0.2, 0.25) is 5.90 Å². The van der Waals surface area contributed by atoms with Gasteiger partial charge < -0.3 is 14.2 Å². The maximum absolute atomic E-state index is 12.6. The predicted molar refractivity (Wildman–Crippen MR) is 137 cm³/mol. The largest absolute Gasteiger partial charge is 0.493 e. The maximum atomic E-state index is 12.6. The van der Waals surface area contributed by atoms with Crippen LogP contribution >= 0.6 is 38.5 Å². The zero-order valence-corrected chi connectivity index (χ0v) is 21.3. The third-order valence-corrected chi connectivity index (χ3v) is 6.22. The summed E-state index contributed by atoms with van der Waals surface area (Å²) in [6.07, 6.45) is 1.60. The number of nitrogens with zero attached hydrogens (tertiary/aromatic N) is 1. The number of hydrogen-bond acceptors (Lipinski definition) is 6. The molecule has 3 aromatic carbocycles. The molecule has 6 nitrogen and oxygen atoms in total. The van der Waals surface area contributed by atoms with Gasteiger partial charge in [-0.2, -0.15) is 0 Å². The average molecular weight is 618 g/mol. The Morgan fingerprint density at radius 3 is 2.64 bits per heavy atom. The van der Waals surface area contributed by atoms with Gasteiger partial charge in [0.15, 0.2) is 17.2 Å². The lowest BCUT2D eigenvalue weighted by Gasteiger charge is -2.12. The number of methoxy groups -OCH3 is 1. The van der Waals surface area contributed by atoms with E-state index < -0.39 is 11.9 Å². The van der Waals surface area contributed by atoms with E-state index in [4.69, 9.17) is 14.2 Å². The zero-order valence-electron chi connectivity index (χ0n) is 17.6. The molecule has 8 heteroatoms. The van der Waals surface area contributed by atoms with Gasteiger partial charge in [-0.1, -0.05) is 29.8 Å². The highest BCUT2D eigenvalue weighted by atomic mass is 127. The van der Waals surface area contributed by atoms with Gasteiger partial charge in [-0.15, -0.1) is 0 Å². The maximum Gasteiger partial charge on any atom is 0.363 e. The molecule has 1 heterocycles. The van der Waals surface area contributed by atoms with Gasteiger partial charge in [-0.3, -0.25) is 0 Å². The topological polar surface area (TPSA) is 74.2 Å². The lowest BCUT2D eigenvalue weighted by atomic mass is 10.1. The second-order valence-corrected chi connectivity index (χ2v) is 9.13. The molecule has 0 unspecified atom stereocenters. The smallest absolute Gasteiger partial charge is 0.363 e. The first-order valence-electron chi connectivity index (χ1n) is 9.79. The van der Waals surface area contributed by atoms with E-state index in [0.29, 0.717) is 31.8 Å². The monoisotopic (exact) mass is 617 g/mol. The van der Waals surface area contributed by atoms with Crippen LogP contribution in [0.4, 0.5) is 0 Å². The van der Waals surface area contributed by atoms with E-state index in [1.165, 1.54) is 7.11 Å². The van der Waals surface area contributed by atoms with Crippen LogP contribution in [0.5, 0.6) is 11.5 Å². The minimum atomic E-state index is -0.551. The summed E-state index contributed by atoms with van der Waals surface area (Å²) in [6, 6.07) is 18.0. The van der Waals surface area contributed by atoms with Crippen molar-refractivity contribution in [1.29, 1.82) is 0 Å². The van der Waals surface area contributed by atoms with Crippen LogP contribution in [0, 0.1) is 10.5 Å². The lowest BCUT2D eigenvalue weighted by Crippen LogP contribution is -2.10. The molecule has 3 aromatic rings. The fraction of sp³-hybridized carbons (Fsp3) is 0.0800.